The molecule has 0 saturated heterocycles. The topological polar surface area (TPSA) is 127 Å². The molecule has 1 aromatic heterocycles. The van der Waals surface area contributed by atoms with E-state index in [1.165, 1.54) is 30.5 Å². The van der Waals surface area contributed by atoms with Gasteiger partial charge in [-0.2, -0.15) is 10.5 Å². The maximum absolute atomic E-state index is 11.9. The number of amides is 1. The van der Waals surface area contributed by atoms with E-state index in [0.717, 1.165) is 10.5 Å². The number of carbonyl (C=O) groups excluding carboxylic acids is 1. The van der Waals surface area contributed by atoms with Crippen molar-refractivity contribution >= 4 is 18.1 Å². The van der Waals surface area contributed by atoms with Crippen molar-refractivity contribution in [1.29, 1.82) is 10.5 Å². The van der Waals surface area contributed by atoms with Gasteiger partial charge in [0.25, 0.3) is 0 Å². The first kappa shape index (κ1) is 22.0. The largest absolute Gasteiger partial charge is 0.486 e. The summed E-state index contributed by atoms with van der Waals surface area (Å²) in [5.74, 6) is 0.270. The van der Waals surface area contributed by atoms with Gasteiger partial charge in [0.15, 0.2) is 12.0 Å². The first-order valence-corrected chi connectivity index (χ1v) is 9.53. The minimum Gasteiger partial charge on any atom is -0.486 e. The average molecular weight is 426 g/mol. The van der Waals surface area contributed by atoms with Crippen molar-refractivity contribution in [3.63, 3.8) is 0 Å². The average Bonchev–Trinajstić information content (AvgIpc) is 2.82. The number of nitrogens with zero attached hydrogens (tertiary/aromatic N) is 4. The van der Waals surface area contributed by atoms with Gasteiger partial charge >= 0.3 is 6.09 Å². The highest BCUT2D eigenvalue weighted by atomic mass is 16.5. The molecule has 158 valence electrons. The van der Waals surface area contributed by atoms with Gasteiger partial charge in [-0.15, -0.1) is 0 Å². The second-order valence-corrected chi connectivity index (χ2v) is 6.85. The number of hydrogen-bond donors (Lipinski definition) is 1. The highest BCUT2D eigenvalue weighted by Gasteiger charge is 2.20. The summed E-state index contributed by atoms with van der Waals surface area (Å²) < 4.78 is 5.86. The third kappa shape index (κ3) is 4.89. The number of rotatable bonds is 7. The minimum atomic E-state index is -1.22. The highest BCUT2D eigenvalue weighted by molar-refractivity contribution is 5.88. The SMILES string of the molecule is Cc1ncc(CN(C(=O)O)c2ccc(C#N)cc2)c(C=O)c1OCc1ccc(C#N)cc1. The molecule has 1 heterocycles. The fourth-order valence-corrected chi connectivity index (χ4v) is 3.07. The quantitative estimate of drug-likeness (QED) is 0.561. The Labute approximate surface area is 184 Å². The molecule has 0 aliphatic rings. The summed E-state index contributed by atoms with van der Waals surface area (Å²) in [4.78, 5) is 29.1. The van der Waals surface area contributed by atoms with Crippen LogP contribution in [0.1, 0.15) is 38.3 Å². The lowest BCUT2D eigenvalue weighted by molar-refractivity contribution is 0.111. The van der Waals surface area contributed by atoms with Crippen LogP contribution < -0.4 is 9.64 Å². The lowest BCUT2D eigenvalue weighted by Gasteiger charge is -2.21. The molecule has 0 atom stereocenters. The third-order valence-corrected chi connectivity index (χ3v) is 4.78. The molecule has 0 radical (unpaired) electrons. The number of benzene rings is 2. The zero-order chi connectivity index (χ0) is 23.1. The van der Waals surface area contributed by atoms with Crippen LogP contribution in [0.4, 0.5) is 10.5 Å². The zero-order valence-electron chi connectivity index (χ0n) is 17.1. The number of pyridine rings is 1. The number of aromatic nitrogens is 1. The molecule has 0 aliphatic heterocycles. The number of anilines is 1. The van der Waals surface area contributed by atoms with Gasteiger partial charge in [-0.05, 0) is 48.9 Å². The lowest BCUT2D eigenvalue weighted by atomic mass is 10.1. The van der Waals surface area contributed by atoms with Gasteiger partial charge in [0, 0.05) is 17.4 Å². The Balaban J connectivity index is 1.88. The van der Waals surface area contributed by atoms with Crippen LogP contribution in [0.25, 0.3) is 0 Å². The Morgan fingerprint density at radius 2 is 1.69 bits per heavy atom. The van der Waals surface area contributed by atoms with Crippen molar-refractivity contribution in [3.8, 4) is 17.9 Å². The van der Waals surface area contributed by atoms with Crippen molar-refractivity contribution < 1.29 is 19.4 Å². The summed E-state index contributed by atoms with van der Waals surface area (Å²) in [6.45, 7) is 1.72. The molecular formula is C24H18N4O4. The van der Waals surface area contributed by atoms with Crippen LogP contribution in [0.2, 0.25) is 0 Å². The minimum absolute atomic E-state index is 0.129. The van der Waals surface area contributed by atoms with E-state index in [0.29, 0.717) is 34.4 Å². The maximum Gasteiger partial charge on any atom is 0.412 e. The molecule has 1 N–H and O–H groups in total. The Morgan fingerprint density at radius 3 is 2.22 bits per heavy atom. The molecule has 2 aromatic carbocycles. The van der Waals surface area contributed by atoms with E-state index < -0.39 is 6.09 Å². The molecule has 0 fully saturated rings. The Hall–Kier alpha value is -4.69. The van der Waals surface area contributed by atoms with E-state index in [4.69, 9.17) is 15.3 Å². The van der Waals surface area contributed by atoms with Gasteiger partial charge < -0.3 is 9.84 Å². The molecule has 0 unspecified atom stereocenters. The van der Waals surface area contributed by atoms with Gasteiger partial charge in [-0.3, -0.25) is 14.7 Å². The van der Waals surface area contributed by atoms with Crippen LogP contribution in [0.15, 0.2) is 54.7 Å². The standard InChI is InChI=1S/C24H18N4O4/c1-16-23(32-15-19-4-2-17(10-25)3-5-19)22(14-29)20(12-27-16)13-28(24(30)31)21-8-6-18(11-26)7-9-21/h2-9,12,14H,13,15H2,1H3,(H,30,31). The van der Waals surface area contributed by atoms with Crippen LogP contribution in [-0.4, -0.2) is 22.5 Å². The summed E-state index contributed by atoms with van der Waals surface area (Å²) in [5.41, 5.74) is 3.18. The number of hydrogen-bond acceptors (Lipinski definition) is 6. The van der Waals surface area contributed by atoms with Crippen molar-refractivity contribution in [1.82, 2.24) is 4.98 Å². The molecule has 0 aliphatic carbocycles. The molecule has 3 rings (SSSR count). The summed E-state index contributed by atoms with van der Waals surface area (Å²) in [6, 6.07) is 17.0. The summed E-state index contributed by atoms with van der Waals surface area (Å²) in [7, 11) is 0. The zero-order valence-corrected chi connectivity index (χ0v) is 17.1. The second-order valence-electron chi connectivity index (χ2n) is 6.85. The first-order valence-electron chi connectivity index (χ1n) is 9.53. The van der Waals surface area contributed by atoms with E-state index in [1.54, 1.807) is 31.2 Å². The van der Waals surface area contributed by atoms with Crippen molar-refractivity contribution in [2.24, 2.45) is 0 Å². The van der Waals surface area contributed by atoms with E-state index in [-0.39, 0.29) is 24.5 Å². The van der Waals surface area contributed by atoms with E-state index in [9.17, 15) is 14.7 Å². The Bertz CT molecular complexity index is 1220. The number of ether oxygens (including phenoxy) is 1. The van der Waals surface area contributed by atoms with Gasteiger partial charge in [-0.25, -0.2) is 4.79 Å². The van der Waals surface area contributed by atoms with Gasteiger partial charge in [-0.1, -0.05) is 12.1 Å². The molecule has 8 nitrogen and oxygen atoms in total. The third-order valence-electron chi connectivity index (χ3n) is 4.78. The van der Waals surface area contributed by atoms with Crippen molar-refractivity contribution in [2.75, 3.05) is 4.90 Å². The summed E-state index contributed by atoms with van der Waals surface area (Å²) >= 11 is 0. The van der Waals surface area contributed by atoms with Crippen LogP contribution in [0.5, 0.6) is 5.75 Å². The van der Waals surface area contributed by atoms with E-state index in [1.807, 2.05) is 12.1 Å². The second kappa shape index (κ2) is 9.88. The van der Waals surface area contributed by atoms with Crippen LogP contribution in [-0.2, 0) is 13.2 Å². The number of aldehydes is 1. The van der Waals surface area contributed by atoms with Crippen LogP contribution >= 0.6 is 0 Å². The monoisotopic (exact) mass is 426 g/mol. The molecule has 0 bridgehead atoms. The lowest BCUT2D eigenvalue weighted by Crippen LogP contribution is -2.29. The Morgan fingerprint density at radius 1 is 1.09 bits per heavy atom. The number of nitriles is 2. The molecule has 0 spiro atoms. The molecule has 32 heavy (non-hydrogen) atoms. The normalized spacial score (nSPS) is 9.97. The van der Waals surface area contributed by atoms with Gasteiger partial charge in [0.1, 0.15) is 6.61 Å². The molecular weight excluding hydrogens is 408 g/mol. The Kier molecular flexibility index (Phi) is 6.79. The number of aryl methyl sites for hydroxylation is 1. The number of carboxylic acid groups (broad SMARTS) is 1. The predicted molar refractivity (Wildman–Crippen MR) is 115 cm³/mol. The number of carbonyl (C=O) groups is 2. The van der Waals surface area contributed by atoms with Gasteiger partial charge in [0.2, 0.25) is 0 Å². The van der Waals surface area contributed by atoms with Crippen LogP contribution in [0.3, 0.4) is 0 Å². The smallest absolute Gasteiger partial charge is 0.412 e. The highest BCUT2D eigenvalue weighted by Crippen LogP contribution is 2.27. The van der Waals surface area contributed by atoms with Gasteiger partial charge in [0.05, 0.1) is 41.1 Å². The maximum atomic E-state index is 11.9. The molecule has 0 saturated carbocycles. The summed E-state index contributed by atoms with van der Waals surface area (Å²) in [5, 5.41) is 27.5. The fraction of sp³-hybridized carbons (Fsp3) is 0.125. The van der Waals surface area contributed by atoms with E-state index >= 15 is 0 Å². The predicted octanol–water partition coefficient (Wildman–Crippen LogP) is 4.21. The summed E-state index contributed by atoms with van der Waals surface area (Å²) in [6.07, 6.45) is 0.858. The molecule has 1 amide bonds. The first-order chi connectivity index (χ1) is 15.5. The molecule has 8 heteroatoms. The van der Waals surface area contributed by atoms with Crippen LogP contribution in [0, 0.1) is 29.6 Å². The molecule has 3 aromatic rings. The van der Waals surface area contributed by atoms with Crippen molar-refractivity contribution in [3.05, 3.63) is 88.2 Å². The van der Waals surface area contributed by atoms with E-state index in [2.05, 4.69) is 4.98 Å². The fourth-order valence-electron chi connectivity index (χ4n) is 3.07. The van der Waals surface area contributed by atoms with Crippen molar-refractivity contribution in [2.45, 2.75) is 20.1 Å².